The zero-order chi connectivity index (χ0) is 62.5. The molecule has 14 bridgehead atoms. The Balaban J connectivity index is 0.00000605. The summed E-state index contributed by atoms with van der Waals surface area (Å²) in [7, 11) is -11.4. The summed E-state index contributed by atoms with van der Waals surface area (Å²) in [4.78, 5) is 42.5. The molecular formula is C42H70K2O41P2. The first-order chi connectivity index (χ1) is 39.9. The molecule has 41 nitrogen and oxygen atoms in total. The third kappa shape index (κ3) is 17.7. The van der Waals surface area contributed by atoms with Crippen molar-refractivity contribution < 1.29 is 304 Å². The van der Waals surface area contributed by atoms with Gasteiger partial charge in [0.25, 0.3) is 15.6 Å². The van der Waals surface area contributed by atoms with Crippen LogP contribution in [0, 0.1) is 0 Å². The van der Waals surface area contributed by atoms with Crippen LogP contribution in [0.2, 0.25) is 0 Å². The Labute approximate surface area is 575 Å². The van der Waals surface area contributed by atoms with Crippen LogP contribution in [-0.2, 0) is 84.5 Å². The van der Waals surface area contributed by atoms with Crippen molar-refractivity contribution >= 4 is 15.6 Å². The molecule has 0 spiro atoms. The number of rotatable bonds is 11. The van der Waals surface area contributed by atoms with Crippen molar-refractivity contribution in [2.45, 2.75) is 215 Å². The number of aliphatic hydroxyl groups excluding tert-OH is 19. The second kappa shape index (κ2) is 33.1. The maximum atomic E-state index is 11.8. The summed E-state index contributed by atoms with van der Waals surface area (Å²) >= 11 is 0. The quantitative estimate of drug-likeness (QED) is 0.0675. The molecule has 496 valence electrons. The van der Waals surface area contributed by atoms with E-state index in [1.165, 1.54) is 0 Å². The fourth-order valence-corrected chi connectivity index (χ4v) is 11.4. The van der Waals surface area contributed by atoms with Crippen molar-refractivity contribution in [2.75, 3.05) is 46.2 Å². The summed E-state index contributed by atoms with van der Waals surface area (Å²) in [5.41, 5.74) is 0. The van der Waals surface area contributed by atoms with Gasteiger partial charge in [0, 0.05) is 0 Å². The van der Waals surface area contributed by atoms with Gasteiger partial charge >= 0.3 is 103 Å². The van der Waals surface area contributed by atoms with Crippen LogP contribution in [0.3, 0.4) is 0 Å². The molecule has 0 aromatic carbocycles. The molecule has 21 N–H and O–H groups in total. The Morgan fingerprint density at radius 1 is 0.264 bits per heavy atom. The average Bonchev–Trinajstić information content (AvgIpc) is 1.48. The van der Waals surface area contributed by atoms with Crippen LogP contribution in [0.4, 0.5) is 0 Å². The Morgan fingerprint density at radius 2 is 0.402 bits per heavy atom. The molecule has 0 aromatic rings. The van der Waals surface area contributed by atoms with Crippen molar-refractivity contribution in [3.05, 3.63) is 0 Å². The van der Waals surface area contributed by atoms with E-state index in [0.717, 1.165) is 0 Å². The standard InChI is InChI=1S/C42H72O41P2.2K/c43-1-8-29-15(48)22(55)36(70-8)78-30-9(2-44)73-39(25(58)18(30)51)82-34-13(6-68-84(62,63)64)76-42(28(61)21(34)54)81-33-12(5-47)72-38(24(57)17(33)50)79-31-10(3-45)74-40(26(59)19(31)52)83-35-14(7-69-85(65,66)67)75-41(27(60)20(35)53)80-32-11(4-46)71-37(77-29)23(56)16(32)49;;/h8-61H,1-7H2,(H2,62,63,64)(H2,65,66,67);;/q;2*+1/p-2/t8-,9-,10-,11-,12-,13-,14-,15-,16-,17-,18-,19-,20-,21-,22-,23-,24+,25-,26+,27-,28-,29-,30-,31-,32-,33-,34-,35-,36-,37-,38-,39-,40-,41-,42-;;/m1../s1. The van der Waals surface area contributed by atoms with Gasteiger partial charge in [-0.15, -0.1) is 0 Å². The zero-order valence-corrected chi connectivity index (χ0v) is 53.6. The normalized spacial score (nSPS) is 51.6. The molecule has 21 heterocycles. The Hall–Kier alpha value is 2.17. The van der Waals surface area contributed by atoms with E-state index in [4.69, 9.17) is 66.3 Å². The molecule has 0 aromatic heterocycles. The van der Waals surface area contributed by atoms with E-state index in [1.54, 1.807) is 0 Å². The van der Waals surface area contributed by atoms with E-state index in [-0.39, 0.29) is 103 Å². The molecule has 21 aliphatic heterocycles. The minimum absolute atomic E-state index is 0. The van der Waals surface area contributed by atoms with Gasteiger partial charge in [-0.1, -0.05) is 0 Å². The van der Waals surface area contributed by atoms with Crippen molar-refractivity contribution in [1.82, 2.24) is 0 Å². The van der Waals surface area contributed by atoms with Crippen LogP contribution in [0.1, 0.15) is 0 Å². The summed E-state index contributed by atoms with van der Waals surface area (Å²) in [6, 6.07) is 0. The van der Waals surface area contributed by atoms with E-state index in [0.29, 0.717) is 0 Å². The maximum absolute atomic E-state index is 11.8. The molecule has 87 heavy (non-hydrogen) atoms. The molecule has 45 heteroatoms. The molecule has 0 saturated carbocycles. The van der Waals surface area contributed by atoms with Gasteiger partial charge in [-0.2, -0.15) is 0 Å². The van der Waals surface area contributed by atoms with Gasteiger partial charge in [-0.3, -0.25) is 9.13 Å². The van der Waals surface area contributed by atoms with Crippen molar-refractivity contribution in [2.24, 2.45) is 0 Å². The molecule has 0 amide bonds. The van der Waals surface area contributed by atoms with E-state index >= 15 is 0 Å². The van der Waals surface area contributed by atoms with Crippen molar-refractivity contribution in [3.8, 4) is 0 Å². The van der Waals surface area contributed by atoms with Crippen LogP contribution < -0.4 is 113 Å². The van der Waals surface area contributed by atoms with Gasteiger partial charge in [0.2, 0.25) is 0 Å². The number of hydrogen-bond acceptors (Lipinski definition) is 39. The Kier molecular flexibility index (Phi) is 29.8. The SMILES string of the molecule is O=P([O-])(O)OC[C@H]1O[C@@H]2O[C@H]3[C@H](O)[C@@H](O)[C@@H](O[C@H]4[C@H](O)[C@@H](O)[C@@H](O[C@H]5[C@H](O)[C@@H](O)[C@@H](O[C@H]6[C@H](O)[C@@H](O)[C@@H](O[C@H]7[C@H](O)[C@H](O)[C@@H](O[C@H]8[C@H](O)[C@H](O)[C@@H](O[C@H]1[C@H](O)[C@H]2O)O[C@@H]8CO)O[C@@H]7CO)O[C@@H]6COP(=O)([O-])O)O[C@@H]5CO)O[C@@H]4CO)O[C@@H]3CO.[K+].[K+]. The summed E-state index contributed by atoms with van der Waals surface area (Å²) in [5, 5.41) is 211. The van der Waals surface area contributed by atoms with Crippen molar-refractivity contribution in [1.29, 1.82) is 0 Å². The fourth-order valence-electron chi connectivity index (χ4n) is 10.7. The molecule has 21 fully saturated rings. The van der Waals surface area contributed by atoms with Crippen molar-refractivity contribution in [3.63, 3.8) is 0 Å². The van der Waals surface area contributed by atoms with Crippen LogP contribution in [0.15, 0.2) is 0 Å². The molecule has 0 radical (unpaired) electrons. The first kappa shape index (κ1) is 78.2. The smallest absolute Gasteiger partial charge is 0.756 e. The van der Waals surface area contributed by atoms with Gasteiger partial charge in [0.15, 0.2) is 44.0 Å². The summed E-state index contributed by atoms with van der Waals surface area (Å²) < 4.78 is 112. The Bertz CT molecular complexity index is 2180. The first-order valence-electron chi connectivity index (χ1n) is 26.1. The maximum Gasteiger partial charge on any atom is 1.00 e. The zero-order valence-electron chi connectivity index (χ0n) is 45.6. The van der Waals surface area contributed by atoms with Crippen LogP contribution in [0.25, 0.3) is 0 Å². The van der Waals surface area contributed by atoms with Crippen LogP contribution in [0.5, 0.6) is 0 Å². The molecule has 21 saturated heterocycles. The number of phosphoric acid groups is 2. The topological polar surface area (TPSA) is 653 Å². The third-order valence-corrected chi connectivity index (χ3v) is 16.2. The summed E-state index contributed by atoms with van der Waals surface area (Å²) in [6.45, 7) is -8.51. The van der Waals surface area contributed by atoms with Gasteiger partial charge in [-0.05, 0) is 0 Å². The molecule has 21 rings (SSSR count). The first-order valence-corrected chi connectivity index (χ1v) is 29.1. The van der Waals surface area contributed by atoms with E-state index < -0.39 is 277 Å². The molecular weight excluding hydrogens is 1300 g/mol. The second-order valence-corrected chi connectivity index (χ2v) is 23.2. The average molecular weight is 1370 g/mol. The second-order valence-electron chi connectivity index (χ2n) is 20.8. The summed E-state index contributed by atoms with van der Waals surface area (Å²) in [6.07, 6.45) is -76.7. The number of phosphoric ester groups is 2. The minimum Gasteiger partial charge on any atom is -0.756 e. The molecule has 37 atom stereocenters. The third-order valence-electron chi connectivity index (χ3n) is 15.2. The minimum atomic E-state index is -5.71. The van der Waals surface area contributed by atoms with Crippen LogP contribution in [-0.4, -0.2) is 368 Å². The Morgan fingerprint density at radius 3 is 0.540 bits per heavy atom. The van der Waals surface area contributed by atoms with Gasteiger partial charge in [0.05, 0.1) is 46.2 Å². The molecule has 0 aliphatic carbocycles. The monoisotopic (exact) mass is 1370 g/mol. The van der Waals surface area contributed by atoms with Crippen LogP contribution >= 0.6 is 15.6 Å². The molecule has 21 aliphatic rings. The largest absolute Gasteiger partial charge is 1.00 e. The number of aliphatic hydroxyl groups is 19. The summed E-state index contributed by atoms with van der Waals surface area (Å²) in [5.74, 6) is 0. The van der Waals surface area contributed by atoms with E-state index in [9.17, 15) is 126 Å². The van der Waals surface area contributed by atoms with E-state index in [1.807, 2.05) is 0 Å². The predicted octanol–water partition coefficient (Wildman–Crippen LogP) is -22.3. The van der Waals surface area contributed by atoms with Gasteiger partial charge in [-0.25, -0.2) is 0 Å². The van der Waals surface area contributed by atoms with E-state index in [2.05, 4.69) is 9.05 Å². The number of ether oxygens (including phenoxy) is 14. The predicted molar refractivity (Wildman–Crippen MR) is 246 cm³/mol. The number of hydrogen-bond donors (Lipinski definition) is 21. The fraction of sp³-hybridized carbons (Fsp3) is 1.00. The van der Waals surface area contributed by atoms with Gasteiger partial charge in [0.1, 0.15) is 171 Å². The van der Waals surface area contributed by atoms with Gasteiger partial charge < -0.3 is 192 Å². The molecule has 2 unspecified atom stereocenters.